The van der Waals surface area contributed by atoms with Crippen LogP contribution in [0, 0.1) is 0 Å². The summed E-state index contributed by atoms with van der Waals surface area (Å²) in [5.74, 6) is 0.777. The topological polar surface area (TPSA) is 55.5 Å². The van der Waals surface area contributed by atoms with Crippen LogP contribution in [0.15, 0.2) is 17.5 Å². The molecule has 3 N–H and O–H groups in total. The predicted molar refractivity (Wildman–Crippen MR) is 59.1 cm³/mol. The van der Waals surface area contributed by atoms with Gasteiger partial charge in [0.25, 0.3) is 0 Å². The maximum absolute atomic E-state index is 9.54. The zero-order valence-electron chi connectivity index (χ0n) is 7.78. The van der Waals surface area contributed by atoms with Crippen molar-refractivity contribution in [1.29, 1.82) is 0 Å². The van der Waals surface area contributed by atoms with Gasteiger partial charge < -0.3 is 15.6 Å². The minimum atomic E-state index is 0.0865. The van der Waals surface area contributed by atoms with E-state index in [2.05, 4.69) is 0 Å². The Hall–Kier alpha value is -1.42. The second kappa shape index (κ2) is 3.38. The largest absolute Gasteiger partial charge is 0.506 e. The summed E-state index contributed by atoms with van der Waals surface area (Å²) >= 11 is 1.50. The smallest absolute Gasteiger partial charge is 0.143 e. The maximum atomic E-state index is 9.54. The van der Waals surface area contributed by atoms with Gasteiger partial charge in [0.05, 0.1) is 17.0 Å². The van der Waals surface area contributed by atoms with Crippen LogP contribution in [0.1, 0.15) is 6.92 Å². The number of hydrogen-bond acceptors (Lipinski definition) is 4. The van der Waals surface area contributed by atoms with Crippen molar-refractivity contribution >= 4 is 27.1 Å². The molecule has 0 aliphatic heterocycles. The number of anilines is 1. The molecule has 1 heterocycles. The summed E-state index contributed by atoms with van der Waals surface area (Å²) in [6, 6.07) is 3.51. The number of nitrogen functional groups attached to an aromatic ring is 1. The highest BCUT2D eigenvalue weighted by Crippen LogP contribution is 2.40. The third-order valence-corrected chi connectivity index (χ3v) is 2.97. The summed E-state index contributed by atoms with van der Waals surface area (Å²) < 4.78 is 6.29. The first-order chi connectivity index (χ1) is 6.74. The number of phenolic OH excluding ortho intramolecular Hbond substituents is 1. The molecule has 0 amide bonds. The molecule has 74 valence electrons. The minimum Gasteiger partial charge on any atom is -0.506 e. The molecule has 0 spiro atoms. The predicted octanol–water partition coefficient (Wildman–Crippen LogP) is 2.59. The van der Waals surface area contributed by atoms with E-state index in [1.807, 2.05) is 18.4 Å². The lowest BCUT2D eigenvalue weighted by Gasteiger charge is -2.07. The number of thiophene rings is 1. The Morgan fingerprint density at radius 2 is 2.36 bits per heavy atom. The summed E-state index contributed by atoms with van der Waals surface area (Å²) in [5, 5.41) is 12.4. The highest BCUT2D eigenvalue weighted by Gasteiger charge is 2.10. The van der Waals surface area contributed by atoms with Crippen molar-refractivity contribution in [2.75, 3.05) is 12.3 Å². The first-order valence-electron chi connectivity index (χ1n) is 4.35. The molecule has 14 heavy (non-hydrogen) atoms. The number of aromatic hydroxyl groups is 1. The van der Waals surface area contributed by atoms with E-state index in [-0.39, 0.29) is 5.75 Å². The SMILES string of the molecule is CCOc1cc(O)c(N)c2sccc12. The standard InChI is InChI=1S/C10H11NO2S/c1-2-13-8-5-7(12)9(11)10-6(8)3-4-14-10/h3-5,12H,2,11H2,1H3. The van der Waals surface area contributed by atoms with E-state index in [0.29, 0.717) is 18.0 Å². The number of phenols is 1. The molecule has 3 nitrogen and oxygen atoms in total. The second-order valence-electron chi connectivity index (χ2n) is 2.90. The molecule has 1 aromatic carbocycles. The number of rotatable bonds is 2. The Morgan fingerprint density at radius 3 is 3.07 bits per heavy atom. The molecular weight excluding hydrogens is 198 g/mol. The Balaban J connectivity index is 2.71. The Kier molecular flexibility index (Phi) is 2.21. The van der Waals surface area contributed by atoms with Gasteiger partial charge in [-0.1, -0.05) is 0 Å². The minimum absolute atomic E-state index is 0.0865. The number of fused-ring (bicyclic) bond motifs is 1. The van der Waals surface area contributed by atoms with Gasteiger partial charge >= 0.3 is 0 Å². The zero-order chi connectivity index (χ0) is 10.1. The van der Waals surface area contributed by atoms with Gasteiger partial charge in [0, 0.05) is 11.5 Å². The van der Waals surface area contributed by atoms with Gasteiger partial charge in [-0.3, -0.25) is 0 Å². The van der Waals surface area contributed by atoms with Crippen LogP contribution in [0.4, 0.5) is 5.69 Å². The second-order valence-corrected chi connectivity index (χ2v) is 3.82. The molecule has 0 saturated heterocycles. The first-order valence-corrected chi connectivity index (χ1v) is 5.23. The van der Waals surface area contributed by atoms with Crippen LogP contribution in [-0.2, 0) is 0 Å². The third-order valence-electron chi connectivity index (χ3n) is 2.02. The summed E-state index contributed by atoms with van der Waals surface area (Å²) in [6.45, 7) is 2.49. The van der Waals surface area contributed by atoms with Crippen LogP contribution >= 0.6 is 11.3 Å². The van der Waals surface area contributed by atoms with Crippen molar-refractivity contribution in [3.8, 4) is 11.5 Å². The molecule has 2 aromatic rings. The summed E-state index contributed by atoms with van der Waals surface area (Å²) in [4.78, 5) is 0. The van der Waals surface area contributed by atoms with Crippen molar-refractivity contribution < 1.29 is 9.84 Å². The Labute approximate surface area is 85.7 Å². The fraction of sp³-hybridized carbons (Fsp3) is 0.200. The summed E-state index contributed by atoms with van der Waals surface area (Å²) in [7, 11) is 0. The molecule has 0 radical (unpaired) electrons. The molecular formula is C10H11NO2S. The molecule has 0 fully saturated rings. The van der Waals surface area contributed by atoms with Crippen LogP contribution < -0.4 is 10.5 Å². The lowest BCUT2D eigenvalue weighted by Crippen LogP contribution is -1.93. The lowest BCUT2D eigenvalue weighted by molar-refractivity contribution is 0.342. The highest BCUT2D eigenvalue weighted by molar-refractivity contribution is 7.18. The summed E-state index contributed by atoms with van der Waals surface area (Å²) in [6.07, 6.45) is 0. The number of benzene rings is 1. The van der Waals surface area contributed by atoms with E-state index < -0.39 is 0 Å². The van der Waals surface area contributed by atoms with Crippen LogP contribution in [0.2, 0.25) is 0 Å². The van der Waals surface area contributed by atoms with Crippen molar-refractivity contribution in [3.63, 3.8) is 0 Å². The Morgan fingerprint density at radius 1 is 1.57 bits per heavy atom. The fourth-order valence-corrected chi connectivity index (χ4v) is 2.25. The van der Waals surface area contributed by atoms with Crippen molar-refractivity contribution in [2.24, 2.45) is 0 Å². The first kappa shape index (κ1) is 9.15. The molecule has 4 heteroatoms. The van der Waals surface area contributed by atoms with Gasteiger partial charge in [0.2, 0.25) is 0 Å². The zero-order valence-corrected chi connectivity index (χ0v) is 8.60. The van der Waals surface area contributed by atoms with Crippen LogP contribution in [0.25, 0.3) is 10.1 Å². The van der Waals surface area contributed by atoms with Gasteiger partial charge in [-0.25, -0.2) is 0 Å². The van der Waals surface area contributed by atoms with Gasteiger partial charge in [-0.2, -0.15) is 0 Å². The highest BCUT2D eigenvalue weighted by atomic mass is 32.1. The van der Waals surface area contributed by atoms with E-state index >= 15 is 0 Å². The van der Waals surface area contributed by atoms with Crippen molar-refractivity contribution in [2.45, 2.75) is 6.92 Å². The van der Waals surface area contributed by atoms with E-state index in [1.54, 1.807) is 6.07 Å². The van der Waals surface area contributed by atoms with Crippen LogP contribution in [0.3, 0.4) is 0 Å². The van der Waals surface area contributed by atoms with E-state index in [1.165, 1.54) is 11.3 Å². The molecule has 2 rings (SSSR count). The number of ether oxygens (including phenoxy) is 1. The average Bonchev–Trinajstić information content (AvgIpc) is 2.63. The van der Waals surface area contributed by atoms with Gasteiger partial charge in [-0.05, 0) is 18.4 Å². The van der Waals surface area contributed by atoms with Gasteiger partial charge in [0.1, 0.15) is 11.5 Å². The number of hydrogen-bond donors (Lipinski definition) is 2. The third kappa shape index (κ3) is 1.28. The van der Waals surface area contributed by atoms with Crippen molar-refractivity contribution in [3.05, 3.63) is 17.5 Å². The van der Waals surface area contributed by atoms with E-state index in [0.717, 1.165) is 10.1 Å². The lowest BCUT2D eigenvalue weighted by atomic mass is 10.2. The average molecular weight is 209 g/mol. The summed E-state index contributed by atoms with van der Waals surface area (Å²) in [5.41, 5.74) is 6.16. The molecule has 1 aromatic heterocycles. The molecule has 0 unspecified atom stereocenters. The van der Waals surface area contributed by atoms with Crippen LogP contribution in [0.5, 0.6) is 11.5 Å². The Bertz CT molecular complexity index is 464. The molecule has 0 bridgehead atoms. The van der Waals surface area contributed by atoms with Crippen LogP contribution in [-0.4, -0.2) is 11.7 Å². The monoisotopic (exact) mass is 209 g/mol. The van der Waals surface area contributed by atoms with E-state index in [4.69, 9.17) is 10.5 Å². The molecule has 0 aliphatic carbocycles. The molecule has 0 atom stereocenters. The quantitative estimate of drug-likeness (QED) is 0.590. The van der Waals surface area contributed by atoms with E-state index in [9.17, 15) is 5.11 Å². The molecule has 0 saturated carbocycles. The van der Waals surface area contributed by atoms with Gasteiger partial charge in [-0.15, -0.1) is 11.3 Å². The van der Waals surface area contributed by atoms with Gasteiger partial charge in [0.15, 0.2) is 0 Å². The fourth-order valence-electron chi connectivity index (χ4n) is 1.38. The number of nitrogens with two attached hydrogens (primary N) is 1. The maximum Gasteiger partial charge on any atom is 0.143 e. The van der Waals surface area contributed by atoms with Crippen molar-refractivity contribution in [1.82, 2.24) is 0 Å². The normalized spacial score (nSPS) is 10.6. The molecule has 0 aliphatic rings.